The van der Waals surface area contributed by atoms with Crippen molar-refractivity contribution in [3.05, 3.63) is 106 Å². The van der Waals surface area contributed by atoms with Crippen LogP contribution < -0.4 is 10.2 Å². The van der Waals surface area contributed by atoms with E-state index in [-0.39, 0.29) is 64.5 Å². The summed E-state index contributed by atoms with van der Waals surface area (Å²) >= 11 is 7.40. The summed E-state index contributed by atoms with van der Waals surface area (Å²) in [5.74, 6) is -4.83. The number of carboxylic acids is 4. The molecule has 0 fully saturated rings. The molecule has 0 aliphatic carbocycles. The molecule has 0 aliphatic heterocycles. The fourth-order valence-electron chi connectivity index (χ4n) is 8.09. The topological polar surface area (TPSA) is 251 Å². The van der Waals surface area contributed by atoms with Crippen LogP contribution in [-0.2, 0) is 19.5 Å². The molecule has 4 aromatic heterocycles. The van der Waals surface area contributed by atoms with Crippen LogP contribution in [-0.4, -0.2) is 126 Å². The molecule has 2 N–H and O–H groups in total. The third-order valence-electron chi connectivity index (χ3n) is 12.4. The van der Waals surface area contributed by atoms with E-state index < -0.39 is 23.9 Å². The number of quaternary nitrogens is 2. The standard InChI is InChI=1S/2C16H36N.2C12H8N2O4.2CNS.Ru/c2*1-5-9-13-17(14-10-6-2,15-11-7-3)16-12-8-4;2*15-11(16)7-1-3-13-9(5-7)10-6-8(12(17)18)2-4-14-10;2*2-1-3;/h2*5-16H2,1-4H3;2*1-6H,(H,15,16)(H,17,18);;;/q2*+1;;;2*-1;+4/p-2. The molecule has 424 valence electrons. The van der Waals surface area contributed by atoms with E-state index in [9.17, 15) is 29.4 Å². The van der Waals surface area contributed by atoms with Gasteiger partial charge in [-0.05, 0) is 99.9 Å². The Bertz CT molecular complexity index is 1970. The molecular formula is C58H86N8O8RuS2+2. The number of nitrogens with zero attached hydrogens (tertiary/aromatic N) is 8. The fourth-order valence-corrected chi connectivity index (χ4v) is 8.09. The van der Waals surface area contributed by atoms with Gasteiger partial charge in [0.05, 0.1) is 98.2 Å². The van der Waals surface area contributed by atoms with E-state index in [0.29, 0.717) is 0 Å². The first-order valence-corrected chi connectivity index (χ1v) is 27.8. The zero-order chi connectivity index (χ0) is 57.6. The second-order valence-electron chi connectivity index (χ2n) is 18.4. The summed E-state index contributed by atoms with van der Waals surface area (Å²) in [6.07, 6.45) is 27.4. The van der Waals surface area contributed by atoms with Crippen molar-refractivity contribution in [2.75, 3.05) is 52.4 Å². The summed E-state index contributed by atoms with van der Waals surface area (Å²) in [4.78, 5) is 58.8. The van der Waals surface area contributed by atoms with Crippen LogP contribution in [0.4, 0.5) is 0 Å². The summed E-state index contributed by atoms with van der Waals surface area (Å²) in [6.45, 7) is 30.0. The van der Waals surface area contributed by atoms with Gasteiger partial charge in [-0.1, -0.05) is 131 Å². The van der Waals surface area contributed by atoms with Gasteiger partial charge in [0.1, 0.15) is 0 Å². The largest absolute Gasteiger partial charge is 4.00 e. The van der Waals surface area contributed by atoms with Crippen molar-refractivity contribution in [3.8, 4) is 22.8 Å². The molecule has 4 aromatic rings. The number of aromatic nitrogens is 4. The molecule has 0 spiro atoms. The minimum atomic E-state index is -1.33. The van der Waals surface area contributed by atoms with E-state index in [1.165, 1.54) is 248 Å². The molecule has 19 heteroatoms. The minimum absolute atomic E-state index is 0. The van der Waals surface area contributed by atoms with Crippen molar-refractivity contribution in [1.29, 1.82) is 0 Å². The summed E-state index contributed by atoms with van der Waals surface area (Å²) in [5.41, 5.74) is 1.17. The van der Waals surface area contributed by atoms with E-state index in [1.807, 2.05) is 0 Å². The maximum atomic E-state index is 10.8. The molecule has 0 atom stereocenters. The average Bonchev–Trinajstić information content (AvgIpc) is 3.43. The second-order valence-corrected chi connectivity index (χ2v) is 18.8. The number of unbranched alkanes of at least 4 members (excludes halogenated alkanes) is 8. The average molecular weight is 1190 g/mol. The van der Waals surface area contributed by atoms with Crippen LogP contribution >= 0.6 is 24.4 Å². The molecule has 0 saturated heterocycles. The Hall–Kier alpha value is -5.38. The van der Waals surface area contributed by atoms with Crippen LogP contribution in [0.3, 0.4) is 0 Å². The number of carboxylic acid groups (broad SMARTS) is 4. The fraction of sp³-hybridized carbons (Fsp3) is 0.552. The van der Waals surface area contributed by atoms with Crippen LogP contribution in [0, 0.1) is 0 Å². The van der Waals surface area contributed by atoms with Crippen molar-refractivity contribution in [3.63, 3.8) is 0 Å². The maximum Gasteiger partial charge on any atom is 4.00 e. The predicted molar refractivity (Wildman–Crippen MR) is 308 cm³/mol. The summed E-state index contributed by atoms with van der Waals surface area (Å²) in [7, 11) is 0. The number of rotatable bonds is 30. The molecule has 0 saturated carbocycles. The number of thiocarbonyl (C=S) groups is 2. The van der Waals surface area contributed by atoms with Crippen LogP contribution in [0.2, 0.25) is 0 Å². The third kappa shape index (κ3) is 34.2. The molecule has 0 bridgehead atoms. The van der Waals surface area contributed by atoms with Crippen LogP contribution in [0.25, 0.3) is 33.6 Å². The predicted octanol–water partition coefficient (Wildman–Crippen LogP) is 11.7. The third-order valence-corrected chi connectivity index (χ3v) is 12.4. The Balaban J connectivity index is -0.000000911. The Labute approximate surface area is 483 Å². The monoisotopic (exact) mass is 1190 g/mol. The quantitative estimate of drug-likeness (QED) is 0.0213. The van der Waals surface area contributed by atoms with Crippen LogP contribution in [0.1, 0.15) is 200 Å². The molecule has 0 amide bonds. The van der Waals surface area contributed by atoms with Gasteiger partial charge in [-0.15, -0.1) is 0 Å². The number of hydrogen-bond acceptors (Lipinski definition) is 12. The van der Waals surface area contributed by atoms with Gasteiger partial charge in [-0.3, -0.25) is 19.9 Å². The number of isothiocyanates is 2. The van der Waals surface area contributed by atoms with Crippen molar-refractivity contribution >= 4 is 58.6 Å². The second kappa shape index (κ2) is 47.8. The number of pyridine rings is 4. The van der Waals surface area contributed by atoms with Gasteiger partial charge < -0.3 is 49.8 Å². The SMILES string of the molecule is CCCC[N+](CCCC)(CCCC)CCCC.CCCC[N+](CCCC)(CCCC)CCCC.O=C([O-])c1ccnc(-c2cc(C(=O)O)ccn2)c1.O=C([O-])c1ccnc(-c2cc(C(=O)O)ccn2)c1.[N-]=C=S.[N-]=C=S.[Ru+4]. The Morgan fingerprint density at radius 1 is 0.429 bits per heavy atom. The Morgan fingerprint density at radius 3 is 0.753 bits per heavy atom. The molecule has 0 aliphatic rings. The first-order chi connectivity index (χ1) is 36.5. The first kappa shape index (κ1) is 75.9. The molecule has 0 aromatic carbocycles. The van der Waals surface area contributed by atoms with Gasteiger partial charge in [0.15, 0.2) is 0 Å². The molecule has 77 heavy (non-hydrogen) atoms. The van der Waals surface area contributed by atoms with Crippen molar-refractivity contribution in [2.45, 2.75) is 158 Å². The van der Waals surface area contributed by atoms with Crippen molar-refractivity contribution in [2.24, 2.45) is 0 Å². The van der Waals surface area contributed by atoms with Crippen LogP contribution in [0.15, 0.2) is 73.3 Å². The van der Waals surface area contributed by atoms with E-state index >= 15 is 0 Å². The number of hydrogen-bond donors (Lipinski definition) is 2. The minimum Gasteiger partial charge on any atom is -0.753 e. The summed E-state index contributed by atoms with van der Waals surface area (Å²) in [5, 5.41) is 56.0. The van der Waals surface area contributed by atoms with Crippen molar-refractivity contribution in [1.82, 2.24) is 19.9 Å². The van der Waals surface area contributed by atoms with E-state index in [4.69, 9.17) is 21.0 Å². The zero-order valence-electron chi connectivity index (χ0n) is 47.0. The van der Waals surface area contributed by atoms with Gasteiger partial charge in [0.2, 0.25) is 0 Å². The molecular weight excluding hydrogens is 1100 g/mol. The van der Waals surface area contributed by atoms with E-state index in [1.54, 1.807) is 0 Å². The number of carbonyl (C=O) groups excluding carboxylic acids is 2. The van der Waals surface area contributed by atoms with Crippen molar-refractivity contribution < 1.29 is 68.0 Å². The van der Waals surface area contributed by atoms with Gasteiger partial charge in [-0.2, -0.15) is 10.3 Å². The Kier molecular flexibility index (Phi) is 47.1. The van der Waals surface area contributed by atoms with Gasteiger partial charge in [0, 0.05) is 35.9 Å². The smallest absolute Gasteiger partial charge is 0.753 e. The first-order valence-electron chi connectivity index (χ1n) is 26.9. The Morgan fingerprint density at radius 2 is 0.597 bits per heavy atom. The summed E-state index contributed by atoms with van der Waals surface area (Å²) < 4.78 is 2.84. The molecule has 4 heterocycles. The van der Waals surface area contributed by atoms with E-state index in [0.717, 1.165) is 0 Å². The number of carbonyl (C=O) groups is 4. The van der Waals surface area contributed by atoms with Gasteiger partial charge in [-0.25, -0.2) is 9.59 Å². The maximum absolute atomic E-state index is 10.8. The van der Waals surface area contributed by atoms with E-state index in [2.05, 4.69) is 99.8 Å². The van der Waals surface area contributed by atoms with Gasteiger partial charge >= 0.3 is 31.4 Å². The molecule has 4 rings (SSSR count). The van der Waals surface area contributed by atoms with Gasteiger partial charge in [0.25, 0.3) is 0 Å². The molecule has 0 radical (unpaired) electrons. The normalized spacial score (nSPS) is 10.2. The summed E-state index contributed by atoms with van der Waals surface area (Å²) in [6, 6.07) is 10.5. The molecule has 0 unspecified atom stereocenters. The number of aromatic carboxylic acids is 4. The molecule has 16 nitrogen and oxygen atoms in total. The zero-order valence-corrected chi connectivity index (χ0v) is 50.4. The van der Waals surface area contributed by atoms with Crippen LogP contribution in [0.5, 0.6) is 0 Å².